The van der Waals surface area contributed by atoms with Gasteiger partial charge in [-0.1, -0.05) is 13.0 Å². The molecule has 1 saturated heterocycles. The zero-order valence-corrected chi connectivity index (χ0v) is 23.9. The fraction of sp³-hybridized carbons (Fsp3) is 0.367. The number of fused-ring (bicyclic) bond motifs is 1. The van der Waals surface area contributed by atoms with Gasteiger partial charge in [0.05, 0.1) is 17.7 Å². The molecule has 1 aromatic carbocycles. The highest BCUT2D eigenvalue weighted by molar-refractivity contribution is 7.13. The number of benzene rings is 1. The molecule has 4 heterocycles. The number of carboxylic acids is 1. The van der Waals surface area contributed by atoms with Crippen LogP contribution in [0, 0.1) is 0 Å². The molecule has 0 spiro atoms. The van der Waals surface area contributed by atoms with E-state index in [0.717, 1.165) is 16.7 Å². The molecular formula is C30H28F3N3O6S. The Labute approximate surface area is 247 Å². The molecule has 226 valence electrons. The molecule has 13 heteroatoms. The lowest BCUT2D eigenvalue weighted by atomic mass is 9.89. The molecule has 9 nitrogen and oxygen atoms in total. The van der Waals surface area contributed by atoms with Gasteiger partial charge in [-0.3, -0.25) is 14.6 Å². The number of carboxylic acid groups (broad SMARTS) is 1. The number of ether oxygens (including phenoxy) is 1. The largest absolute Gasteiger partial charge is 0.477 e. The molecule has 43 heavy (non-hydrogen) atoms. The van der Waals surface area contributed by atoms with Gasteiger partial charge in [0.2, 0.25) is 5.43 Å². The van der Waals surface area contributed by atoms with Crippen LogP contribution in [0.4, 0.5) is 13.2 Å². The van der Waals surface area contributed by atoms with E-state index in [1.54, 1.807) is 16.7 Å². The van der Waals surface area contributed by atoms with Crippen molar-refractivity contribution >= 4 is 34.0 Å². The Balaban J connectivity index is 1.72. The summed E-state index contributed by atoms with van der Waals surface area (Å²) in [7, 11) is 0. The van der Waals surface area contributed by atoms with E-state index in [2.05, 4.69) is 9.97 Å². The molecule has 1 aliphatic rings. The molecule has 1 fully saturated rings. The number of halogens is 3. The summed E-state index contributed by atoms with van der Waals surface area (Å²) in [6, 6.07) is 6.28. The predicted molar refractivity (Wildman–Crippen MR) is 153 cm³/mol. The van der Waals surface area contributed by atoms with Crippen molar-refractivity contribution in [1.82, 2.24) is 14.5 Å². The quantitative estimate of drug-likeness (QED) is 0.259. The van der Waals surface area contributed by atoms with Gasteiger partial charge in [-0.2, -0.15) is 13.2 Å². The van der Waals surface area contributed by atoms with E-state index in [1.807, 2.05) is 6.92 Å². The van der Waals surface area contributed by atoms with Crippen molar-refractivity contribution in [2.45, 2.75) is 50.7 Å². The monoisotopic (exact) mass is 615 g/mol. The third kappa shape index (κ3) is 5.97. The lowest BCUT2D eigenvalue weighted by Crippen LogP contribution is -2.44. The van der Waals surface area contributed by atoms with Gasteiger partial charge in [-0.05, 0) is 43.0 Å². The zero-order chi connectivity index (χ0) is 30.9. The number of carbonyl (C=O) groups is 2. The van der Waals surface area contributed by atoms with Crippen LogP contribution in [0.15, 0.2) is 46.8 Å². The van der Waals surface area contributed by atoms with Gasteiger partial charge in [0.25, 0.3) is 0 Å². The molecule has 0 aliphatic carbocycles. The number of carbonyl (C=O) groups excluding carboxylic acids is 1. The number of nitrogens with zero attached hydrogens (tertiary/aromatic N) is 3. The van der Waals surface area contributed by atoms with Crippen LogP contribution in [0.1, 0.15) is 54.4 Å². The van der Waals surface area contributed by atoms with Crippen LogP contribution in [0.3, 0.4) is 0 Å². The Bertz CT molecular complexity index is 1760. The maximum absolute atomic E-state index is 13.4. The number of thiazole rings is 1. The summed E-state index contributed by atoms with van der Waals surface area (Å²) in [6.07, 6.45) is -0.238. The van der Waals surface area contributed by atoms with Gasteiger partial charge in [-0.15, -0.1) is 11.3 Å². The average molecular weight is 616 g/mol. The van der Waals surface area contributed by atoms with E-state index in [1.165, 1.54) is 24.5 Å². The normalized spacial score (nSPS) is 15.1. The molecule has 1 aliphatic heterocycles. The molecule has 0 bridgehead atoms. The third-order valence-electron chi connectivity index (χ3n) is 7.67. The van der Waals surface area contributed by atoms with Crippen molar-refractivity contribution in [3.05, 3.63) is 69.2 Å². The summed E-state index contributed by atoms with van der Waals surface area (Å²) in [4.78, 5) is 46.0. The summed E-state index contributed by atoms with van der Waals surface area (Å²) >= 11 is 0.786. The Morgan fingerprint density at radius 3 is 2.53 bits per heavy atom. The molecule has 0 amide bonds. The second-order valence-corrected chi connectivity index (χ2v) is 11.4. The second-order valence-electron chi connectivity index (χ2n) is 10.5. The topological polar surface area (TPSA) is 132 Å². The van der Waals surface area contributed by atoms with Crippen LogP contribution < -0.4 is 5.43 Å². The fourth-order valence-electron chi connectivity index (χ4n) is 5.37. The van der Waals surface area contributed by atoms with Crippen molar-refractivity contribution in [3.63, 3.8) is 0 Å². The first kappa shape index (κ1) is 30.5. The summed E-state index contributed by atoms with van der Waals surface area (Å²) in [6.45, 7) is 2.23. The number of hydrogen-bond acceptors (Lipinski definition) is 8. The van der Waals surface area contributed by atoms with Crippen LogP contribution in [0.25, 0.3) is 32.6 Å². The summed E-state index contributed by atoms with van der Waals surface area (Å²) < 4.78 is 47.4. The lowest BCUT2D eigenvalue weighted by Gasteiger charge is -2.39. The Morgan fingerprint density at radius 1 is 1.16 bits per heavy atom. The van der Waals surface area contributed by atoms with Crippen molar-refractivity contribution in [2.75, 3.05) is 19.8 Å². The fourth-order valence-corrected chi connectivity index (χ4v) is 6.22. The number of pyridine rings is 2. The maximum Gasteiger partial charge on any atom is 0.434 e. The number of aromatic nitrogens is 3. The van der Waals surface area contributed by atoms with Gasteiger partial charge in [0.1, 0.15) is 16.4 Å². The van der Waals surface area contributed by atoms with E-state index in [0.29, 0.717) is 66.8 Å². The predicted octanol–water partition coefficient (Wildman–Crippen LogP) is 5.31. The van der Waals surface area contributed by atoms with Crippen molar-refractivity contribution in [3.8, 4) is 21.7 Å². The molecule has 0 atom stereocenters. The van der Waals surface area contributed by atoms with Gasteiger partial charge in [0, 0.05) is 66.0 Å². The summed E-state index contributed by atoms with van der Waals surface area (Å²) in [5, 5.41) is 21.3. The first-order chi connectivity index (χ1) is 20.5. The Hall–Kier alpha value is -3.94. The van der Waals surface area contributed by atoms with Crippen LogP contribution in [0.2, 0.25) is 0 Å². The first-order valence-corrected chi connectivity index (χ1v) is 14.5. The minimum absolute atomic E-state index is 0.00399. The van der Waals surface area contributed by atoms with Gasteiger partial charge < -0.3 is 19.5 Å². The zero-order valence-electron chi connectivity index (χ0n) is 23.1. The Kier molecular flexibility index (Phi) is 8.50. The number of alkyl halides is 3. The summed E-state index contributed by atoms with van der Waals surface area (Å²) in [5.41, 5.74) is -1.40. The SMILES string of the molecule is CCCC(=O)Cc1cc(-c2nc(C(F)(F)F)cs2)c(-c2ccc3c(c2)c(=O)c(C(=O)O)cn3C2(CO)CCOCC2)cn1. The molecule has 3 aromatic heterocycles. The number of aliphatic hydroxyl groups is 1. The van der Waals surface area contributed by atoms with E-state index < -0.39 is 34.4 Å². The highest BCUT2D eigenvalue weighted by Crippen LogP contribution is 2.39. The van der Waals surface area contributed by atoms with Gasteiger partial charge in [0.15, 0.2) is 5.69 Å². The van der Waals surface area contributed by atoms with Crippen LogP contribution in [-0.4, -0.2) is 56.3 Å². The average Bonchev–Trinajstić information content (AvgIpc) is 3.49. The lowest BCUT2D eigenvalue weighted by molar-refractivity contribution is -0.140. The standard InChI is InChI=1S/C30H28F3N3O6S/c1-2-3-19(38)11-18-12-20(27-35-25(15-43-27)30(31,32)33)22(13-34-18)17-4-5-24-21(10-17)26(39)23(28(40)41)14-36(24)29(16-37)6-8-42-9-7-29/h4-5,10,12-15,37H,2-3,6-9,11,16H2,1H3,(H,40,41). The van der Waals surface area contributed by atoms with Crippen LogP contribution in [0.5, 0.6) is 0 Å². The number of hydrogen-bond donors (Lipinski definition) is 2. The second kappa shape index (κ2) is 12.0. The van der Waals surface area contributed by atoms with E-state index in [4.69, 9.17) is 4.74 Å². The van der Waals surface area contributed by atoms with Crippen LogP contribution in [-0.2, 0) is 27.7 Å². The van der Waals surface area contributed by atoms with E-state index >= 15 is 0 Å². The minimum Gasteiger partial charge on any atom is -0.477 e. The highest BCUT2D eigenvalue weighted by Gasteiger charge is 2.36. The number of ketones is 1. The maximum atomic E-state index is 13.4. The Morgan fingerprint density at radius 2 is 1.91 bits per heavy atom. The highest BCUT2D eigenvalue weighted by atomic mass is 32.1. The number of Topliss-reactive ketones (excluding diaryl/α,β-unsaturated/α-hetero) is 1. The smallest absolute Gasteiger partial charge is 0.434 e. The van der Waals surface area contributed by atoms with Crippen LogP contribution >= 0.6 is 11.3 Å². The number of aliphatic hydroxyl groups excluding tert-OH is 1. The molecule has 4 aromatic rings. The minimum atomic E-state index is -4.66. The van der Waals surface area contributed by atoms with Crippen molar-refractivity contribution in [2.24, 2.45) is 0 Å². The van der Waals surface area contributed by atoms with Crippen molar-refractivity contribution < 1.29 is 37.7 Å². The summed E-state index contributed by atoms with van der Waals surface area (Å²) in [5.74, 6) is -1.50. The van der Waals surface area contributed by atoms with Gasteiger partial charge >= 0.3 is 12.1 Å². The molecule has 0 radical (unpaired) electrons. The third-order valence-corrected chi connectivity index (χ3v) is 8.54. The molecular weight excluding hydrogens is 587 g/mol. The number of rotatable bonds is 9. The van der Waals surface area contributed by atoms with E-state index in [-0.39, 0.29) is 29.2 Å². The molecule has 0 unspecified atom stereocenters. The molecule has 5 rings (SSSR count). The number of aromatic carboxylic acids is 1. The van der Waals surface area contributed by atoms with E-state index in [9.17, 15) is 37.8 Å². The molecule has 2 N–H and O–H groups in total. The molecule has 0 saturated carbocycles. The first-order valence-electron chi connectivity index (χ1n) is 13.6. The van der Waals surface area contributed by atoms with Gasteiger partial charge in [-0.25, -0.2) is 9.78 Å². The van der Waals surface area contributed by atoms with Crippen molar-refractivity contribution in [1.29, 1.82) is 0 Å².